The molecule has 1 heterocycles. The lowest BCUT2D eigenvalue weighted by atomic mass is 10.2. The molecule has 0 radical (unpaired) electrons. The number of terminal acetylenes is 1. The van der Waals surface area contributed by atoms with Gasteiger partial charge in [-0.25, -0.2) is 4.98 Å². The summed E-state index contributed by atoms with van der Waals surface area (Å²) in [7, 11) is 0. The molecule has 0 fully saturated rings. The Labute approximate surface area is 104 Å². The zero-order valence-electron chi connectivity index (χ0n) is 9.35. The highest BCUT2D eigenvalue weighted by Gasteiger charge is 2.07. The molecule has 2 aromatic rings. The summed E-state index contributed by atoms with van der Waals surface area (Å²) in [5.74, 6) is 1.36. The quantitative estimate of drug-likeness (QED) is 0.647. The maximum atomic E-state index is 12.9. The molecule has 1 aromatic heterocycles. The molecule has 0 aliphatic rings. The molecule has 1 amide bonds. The van der Waals surface area contributed by atoms with Gasteiger partial charge in [0.05, 0.1) is 0 Å². The average Bonchev–Trinajstić information content (AvgIpc) is 2.39. The van der Waals surface area contributed by atoms with Crippen LogP contribution >= 0.6 is 0 Å². The normalized spacial score (nSPS) is 9.56. The van der Waals surface area contributed by atoms with Gasteiger partial charge in [0.2, 0.25) is 5.95 Å². The number of aromatic nitrogens is 1. The summed E-state index contributed by atoms with van der Waals surface area (Å²) in [5, 5.41) is 2.63. The van der Waals surface area contributed by atoms with Gasteiger partial charge in [-0.15, -0.1) is 6.42 Å². The van der Waals surface area contributed by atoms with Gasteiger partial charge in [0, 0.05) is 29.1 Å². The van der Waals surface area contributed by atoms with E-state index in [1.165, 1.54) is 12.3 Å². The fourth-order valence-corrected chi connectivity index (χ4v) is 1.43. The summed E-state index contributed by atoms with van der Waals surface area (Å²) >= 11 is 0. The molecule has 2 rings (SSSR count). The number of rotatable bonds is 2. The van der Waals surface area contributed by atoms with E-state index in [9.17, 15) is 9.18 Å². The Morgan fingerprint density at radius 1 is 1.33 bits per heavy atom. The van der Waals surface area contributed by atoms with E-state index in [1.54, 1.807) is 24.3 Å². The zero-order chi connectivity index (χ0) is 13.0. The number of halogens is 1. The van der Waals surface area contributed by atoms with Crippen LogP contribution in [0.25, 0.3) is 0 Å². The molecular formula is C14H9FN2O. The second-order valence-electron chi connectivity index (χ2n) is 3.55. The van der Waals surface area contributed by atoms with Crippen molar-refractivity contribution in [2.24, 2.45) is 0 Å². The largest absolute Gasteiger partial charge is 0.322 e. The van der Waals surface area contributed by atoms with Crippen molar-refractivity contribution >= 4 is 11.6 Å². The van der Waals surface area contributed by atoms with E-state index in [1.807, 2.05) is 0 Å². The second-order valence-corrected chi connectivity index (χ2v) is 3.55. The van der Waals surface area contributed by atoms with Crippen LogP contribution in [-0.4, -0.2) is 10.9 Å². The molecule has 0 spiro atoms. The summed E-state index contributed by atoms with van der Waals surface area (Å²) < 4.78 is 12.9. The Hall–Kier alpha value is -2.67. The first kappa shape index (κ1) is 11.8. The number of benzene rings is 1. The van der Waals surface area contributed by atoms with Crippen molar-refractivity contribution in [1.29, 1.82) is 0 Å². The van der Waals surface area contributed by atoms with Crippen LogP contribution in [0.5, 0.6) is 0 Å². The van der Waals surface area contributed by atoms with E-state index in [4.69, 9.17) is 6.42 Å². The number of anilines is 1. The number of hydrogen-bond acceptors (Lipinski definition) is 2. The number of amides is 1. The minimum atomic E-state index is -0.694. The van der Waals surface area contributed by atoms with E-state index >= 15 is 0 Å². The summed E-state index contributed by atoms with van der Waals surface area (Å²) in [5.41, 5.74) is 1.43. The summed E-state index contributed by atoms with van der Waals surface area (Å²) in [6.45, 7) is 0. The highest BCUT2D eigenvalue weighted by Crippen LogP contribution is 2.11. The van der Waals surface area contributed by atoms with Crippen molar-refractivity contribution < 1.29 is 9.18 Å². The lowest BCUT2D eigenvalue weighted by Gasteiger charge is -2.05. The molecule has 0 unspecified atom stereocenters. The molecule has 0 saturated heterocycles. The van der Waals surface area contributed by atoms with Crippen LogP contribution in [0.3, 0.4) is 0 Å². The third-order valence-electron chi connectivity index (χ3n) is 2.28. The fraction of sp³-hybridized carbons (Fsp3) is 0. The molecule has 0 saturated carbocycles. The predicted octanol–water partition coefficient (Wildman–Crippen LogP) is 2.45. The molecule has 0 bridgehead atoms. The van der Waals surface area contributed by atoms with Gasteiger partial charge < -0.3 is 5.32 Å². The van der Waals surface area contributed by atoms with Crippen molar-refractivity contribution in [3.8, 4) is 12.3 Å². The van der Waals surface area contributed by atoms with Crippen LogP contribution in [0, 0.1) is 18.3 Å². The number of nitrogens with one attached hydrogen (secondary N) is 1. The zero-order valence-corrected chi connectivity index (χ0v) is 9.35. The first-order chi connectivity index (χ1) is 8.69. The lowest BCUT2D eigenvalue weighted by Crippen LogP contribution is -2.12. The minimum absolute atomic E-state index is 0.202. The van der Waals surface area contributed by atoms with Crippen molar-refractivity contribution in [2.45, 2.75) is 0 Å². The van der Waals surface area contributed by atoms with Crippen LogP contribution in [0.2, 0.25) is 0 Å². The topological polar surface area (TPSA) is 42.0 Å². The number of carbonyl (C=O) groups is 1. The Kier molecular flexibility index (Phi) is 3.35. The van der Waals surface area contributed by atoms with Crippen LogP contribution in [-0.2, 0) is 0 Å². The fourth-order valence-electron chi connectivity index (χ4n) is 1.43. The molecule has 0 aliphatic carbocycles. The van der Waals surface area contributed by atoms with E-state index in [0.717, 1.165) is 6.07 Å². The number of pyridine rings is 1. The molecule has 1 aromatic carbocycles. The maximum Gasteiger partial charge on any atom is 0.255 e. The van der Waals surface area contributed by atoms with Gasteiger partial charge in [0.15, 0.2) is 0 Å². The predicted molar refractivity (Wildman–Crippen MR) is 66.5 cm³/mol. The Balaban J connectivity index is 2.19. The maximum absolute atomic E-state index is 12.9. The van der Waals surface area contributed by atoms with Gasteiger partial charge in [-0.05, 0) is 24.3 Å². The Morgan fingerprint density at radius 3 is 2.89 bits per heavy atom. The third kappa shape index (κ3) is 2.71. The van der Waals surface area contributed by atoms with E-state index < -0.39 is 11.9 Å². The number of carbonyl (C=O) groups excluding carboxylic acids is 1. The summed E-state index contributed by atoms with van der Waals surface area (Å²) in [6, 6.07) is 9.36. The first-order valence-corrected chi connectivity index (χ1v) is 5.18. The van der Waals surface area contributed by atoms with Gasteiger partial charge in [0.1, 0.15) is 0 Å². The van der Waals surface area contributed by atoms with Crippen LogP contribution in [0.15, 0.2) is 42.6 Å². The second kappa shape index (κ2) is 5.11. The first-order valence-electron chi connectivity index (χ1n) is 5.18. The number of nitrogens with zero attached hydrogens (tertiary/aromatic N) is 1. The van der Waals surface area contributed by atoms with Crippen LogP contribution in [0.4, 0.5) is 10.1 Å². The van der Waals surface area contributed by atoms with E-state index in [-0.39, 0.29) is 5.56 Å². The summed E-state index contributed by atoms with van der Waals surface area (Å²) in [6.07, 6.45) is 6.50. The molecule has 18 heavy (non-hydrogen) atoms. The van der Waals surface area contributed by atoms with Crippen LogP contribution < -0.4 is 5.32 Å². The van der Waals surface area contributed by atoms with Gasteiger partial charge in [-0.1, -0.05) is 12.0 Å². The molecule has 4 heteroatoms. The molecule has 0 aliphatic heterocycles. The van der Waals surface area contributed by atoms with Crippen LogP contribution in [0.1, 0.15) is 15.9 Å². The molecular weight excluding hydrogens is 231 g/mol. The highest BCUT2D eigenvalue weighted by atomic mass is 19.1. The van der Waals surface area contributed by atoms with Gasteiger partial charge in [0.25, 0.3) is 5.91 Å². The third-order valence-corrected chi connectivity index (χ3v) is 2.28. The monoisotopic (exact) mass is 240 g/mol. The molecule has 0 atom stereocenters. The smallest absolute Gasteiger partial charge is 0.255 e. The standard InChI is InChI=1S/C14H9FN2O/c1-2-10-4-3-5-12(8-10)17-14(18)11-6-7-16-13(15)9-11/h1,3-9H,(H,17,18). The van der Waals surface area contributed by atoms with Crippen molar-refractivity contribution in [2.75, 3.05) is 5.32 Å². The highest BCUT2D eigenvalue weighted by molar-refractivity contribution is 6.04. The van der Waals surface area contributed by atoms with Crippen molar-refractivity contribution in [3.63, 3.8) is 0 Å². The number of hydrogen-bond donors (Lipinski definition) is 1. The van der Waals surface area contributed by atoms with Gasteiger partial charge >= 0.3 is 0 Å². The SMILES string of the molecule is C#Cc1cccc(NC(=O)c2ccnc(F)c2)c1. The Bertz CT molecular complexity index is 632. The minimum Gasteiger partial charge on any atom is -0.322 e. The van der Waals surface area contributed by atoms with E-state index in [2.05, 4.69) is 16.2 Å². The average molecular weight is 240 g/mol. The Morgan fingerprint density at radius 2 is 2.17 bits per heavy atom. The van der Waals surface area contributed by atoms with Gasteiger partial charge in [-0.3, -0.25) is 4.79 Å². The van der Waals surface area contributed by atoms with Crippen molar-refractivity contribution in [3.05, 3.63) is 59.7 Å². The summed E-state index contributed by atoms with van der Waals surface area (Å²) in [4.78, 5) is 15.2. The van der Waals surface area contributed by atoms with Crippen molar-refractivity contribution in [1.82, 2.24) is 4.98 Å². The van der Waals surface area contributed by atoms with E-state index in [0.29, 0.717) is 11.3 Å². The molecule has 1 N–H and O–H groups in total. The van der Waals surface area contributed by atoms with Gasteiger partial charge in [-0.2, -0.15) is 4.39 Å². The molecule has 3 nitrogen and oxygen atoms in total. The lowest BCUT2D eigenvalue weighted by molar-refractivity contribution is 0.102. The molecule has 88 valence electrons.